The van der Waals surface area contributed by atoms with Crippen LogP contribution in [0.3, 0.4) is 0 Å². The molecule has 0 spiro atoms. The quantitative estimate of drug-likeness (QED) is 0.883. The first-order valence-corrected chi connectivity index (χ1v) is 9.13. The van der Waals surface area contributed by atoms with Gasteiger partial charge in [0.1, 0.15) is 5.82 Å². The van der Waals surface area contributed by atoms with Crippen molar-refractivity contribution >= 4 is 23.3 Å². The molecule has 1 aromatic carbocycles. The Morgan fingerprint density at radius 3 is 2.76 bits per heavy atom. The monoisotopic (exact) mass is 361 g/mol. The van der Waals surface area contributed by atoms with E-state index in [0.717, 1.165) is 42.8 Å². The minimum atomic E-state index is -0.118. The van der Waals surface area contributed by atoms with Gasteiger partial charge in [0, 0.05) is 17.2 Å². The number of hydrogen-bond donors (Lipinski definition) is 1. The van der Waals surface area contributed by atoms with Crippen LogP contribution in [0.2, 0.25) is 5.02 Å². The molecular weight excluding hydrogens is 338 g/mol. The molecule has 1 saturated heterocycles. The van der Waals surface area contributed by atoms with Crippen LogP contribution in [0.15, 0.2) is 24.3 Å². The second-order valence-electron chi connectivity index (χ2n) is 6.50. The van der Waals surface area contributed by atoms with Gasteiger partial charge in [-0.2, -0.15) is 5.10 Å². The molecule has 6 heteroatoms. The van der Waals surface area contributed by atoms with Crippen LogP contribution in [-0.4, -0.2) is 28.4 Å². The van der Waals surface area contributed by atoms with Crippen LogP contribution in [0.4, 0.5) is 5.82 Å². The van der Waals surface area contributed by atoms with Crippen molar-refractivity contribution in [2.75, 3.05) is 11.9 Å². The average Bonchev–Trinajstić information content (AvgIpc) is 2.90. The van der Waals surface area contributed by atoms with Gasteiger partial charge in [0.25, 0.3) is 0 Å². The lowest BCUT2D eigenvalue weighted by atomic mass is 9.92. The summed E-state index contributed by atoms with van der Waals surface area (Å²) >= 11 is 5.98. The molecule has 0 radical (unpaired) electrons. The normalized spacial score (nSPS) is 20.5. The van der Waals surface area contributed by atoms with Gasteiger partial charge in [-0.3, -0.25) is 4.79 Å². The van der Waals surface area contributed by atoms with E-state index in [1.165, 1.54) is 0 Å². The molecule has 2 aromatic rings. The zero-order valence-electron chi connectivity index (χ0n) is 14.9. The van der Waals surface area contributed by atoms with Gasteiger partial charge in [-0.05, 0) is 57.4 Å². The SMILES string of the molecule is CCC1OCCCC1C(=O)Nc1c(C)c(C)nn1-c1ccc(Cl)cc1. The molecule has 1 N–H and O–H groups in total. The molecular formula is C19H24ClN3O2. The van der Waals surface area contributed by atoms with Crippen molar-refractivity contribution in [1.29, 1.82) is 0 Å². The fraction of sp³-hybridized carbons (Fsp3) is 0.474. The second kappa shape index (κ2) is 7.58. The summed E-state index contributed by atoms with van der Waals surface area (Å²) in [6.07, 6.45) is 2.61. The molecule has 0 saturated carbocycles. The predicted molar refractivity (Wildman–Crippen MR) is 99.4 cm³/mol. The largest absolute Gasteiger partial charge is 0.377 e. The number of nitrogens with zero attached hydrogens (tertiary/aromatic N) is 2. The van der Waals surface area contributed by atoms with E-state index in [9.17, 15) is 4.79 Å². The standard InChI is InChI=1S/C19H24ClN3O2/c1-4-17-16(6-5-11-25-17)19(24)21-18-12(2)13(3)22-23(18)15-9-7-14(20)8-10-15/h7-10,16-17H,4-6,11H2,1-3H3,(H,21,24). The van der Waals surface area contributed by atoms with E-state index in [1.54, 1.807) is 4.68 Å². The first-order chi connectivity index (χ1) is 12.0. The Labute approximate surface area is 153 Å². The maximum Gasteiger partial charge on any atom is 0.231 e. The molecule has 1 fully saturated rings. The van der Waals surface area contributed by atoms with Crippen molar-refractivity contribution in [3.63, 3.8) is 0 Å². The van der Waals surface area contributed by atoms with Gasteiger partial charge < -0.3 is 10.1 Å². The van der Waals surface area contributed by atoms with Crippen LogP contribution in [0.25, 0.3) is 5.69 Å². The smallest absolute Gasteiger partial charge is 0.231 e. The number of halogens is 1. The fourth-order valence-corrected chi connectivity index (χ4v) is 3.40. The number of amides is 1. The van der Waals surface area contributed by atoms with Gasteiger partial charge in [-0.15, -0.1) is 0 Å². The van der Waals surface area contributed by atoms with Crippen LogP contribution < -0.4 is 5.32 Å². The molecule has 1 aliphatic heterocycles. The molecule has 2 atom stereocenters. The predicted octanol–water partition coefficient (Wildman–Crippen LogP) is 4.29. The van der Waals surface area contributed by atoms with Crippen LogP contribution in [-0.2, 0) is 9.53 Å². The fourth-order valence-electron chi connectivity index (χ4n) is 3.27. The lowest BCUT2D eigenvalue weighted by Crippen LogP contribution is -2.38. The van der Waals surface area contributed by atoms with Crippen LogP contribution in [0, 0.1) is 19.8 Å². The maximum atomic E-state index is 12.9. The number of ether oxygens (including phenoxy) is 1. The van der Waals surface area contributed by atoms with Gasteiger partial charge in [0.15, 0.2) is 0 Å². The van der Waals surface area contributed by atoms with E-state index in [-0.39, 0.29) is 17.9 Å². The first kappa shape index (κ1) is 18.0. The van der Waals surface area contributed by atoms with Gasteiger partial charge in [0.2, 0.25) is 5.91 Å². The van der Waals surface area contributed by atoms with E-state index in [4.69, 9.17) is 16.3 Å². The van der Waals surface area contributed by atoms with E-state index in [2.05, 4.69) is 17.3 Å². The number of benzene rings is 1. The number of nitrogens with one attached hydrogen (secondary N) is 1. The van der Waals surface area contributed by atoms with Crippen LogP contribution in [0.1, 0.15) is 37.4 Å². The van der Waals surface area contributed by atoms with Crippen molar-refractivity contribution in [1.82, 2.24) is 9.78 Å². The third kappa shape index (κ3) is 3.72. The molecule has 5 nitrogen and oxygen atoms in total. The number of carbonyl (C=O) groups excluding carboxylic acids is 1. The lowest BCUT2D eigenvalue weighted by molar-refractivity contribution is -0.129. The second-order valence-corrected chi connectivity index (χ2v) is 6.94. The van der Waals surface area contributed by atoms with Crippen molar-refractivity contribution in [3.8, 4) is 5.69 Å². The molecule has 0 aliphatic carbocycles. The Morgan fingerprint density at radius 1 is 1.36 bits per heavy atom. The third-order valence-electron chi connectivity index (χ3n) is 4.85. The number of carbonyl (C=O) groups is 1. The molecule has 1 aromatic heterocycles. The molecule has 0 bridgehead atoms. The van der Waals surface area contributed by atoms with Crippen LogP contribution in [0.5, 0.6) is 0 Å². The summed E-state index contributed by atoms with van der Waals surface area (Å²) in [6.45, 7) is 6.71. The molecule has 25 heavy (non-hydrogen) atoms. The Hall–Kier alpha value is -1.85. The highest BCUT2D eigenvalue weighted by Crippen LogP contribution is 2.28. The highest BCUT2D eigenvalue weighted by Gasteiger charge is 2.31. The average molecular weight is 362 g/mol. The summed E-state index contributed by atoms with van der Waals surface area (Å²) in [5.74, 6) is 0.599. The maximum absolute atomic E-state index is 12.9. The molecule has 3 rings (SSSR count). The van der Waals surface area contributed by atoms with Gasteiger partial charge in [-0.25, -0.2) is 4.68 Å². The topological polar surface area (TPSA) is 56.1 Å². The van der Waals surface area contributed by atoms with Crippen molar-refractivity contribution in [2.24, 2.45) is 5.92 Å². The Bertz CT molecular complexity index is 755. The zero-order valence-corrected chi connectivity index (χ0v) is 15.6. The van der Waals surface area contributed by atoms with E-state index >= 15 is 0 Å². The molecule has 2 unspecified atom stereocenters. The molecule has 134 valence electrons. The Morgan fingerprint density at radius 2 is 2.08 bits per heavy atom. The van der Waals surface area contributed by atoms with E-state index in [1.807, 2.05) is 38.1 Å². The van der Waals surface area contributed by atoms with Crippen molar-refractivity contribution < 1.29 is 9.53 Å². The number of aryl methyl sites for hydroxylation is 1. The number of hydrogen-bond acceptors (Lipinski definition) is 3. The molecule has 2 heterocycles. The van der Waals surface area contributed by atoms with E-state index < -0.39 is 0 Å². The zero-order chi connectivity index (χ0) is 18.0. The summed E-state index contributed by atoms with van der Waals surface area (Å²) in [7, 11) is 0. The highest BCUT2D eigenvalue weighted by atomic mass is 35.5. The summed E-state index contributed by atoms with van der Waals surface area (Å²) in [5.41, 5.74) is 2.72. The van der Waals surface area contributed by atoms with Gasteiger partial charge >= 0.3 is 0 Å². The van der Waals surface area contributed by atoms with Gasteiger partial charge in [-0.1, -0.05) is 18.5 Å². The first-order valence-electron chi connectivity index (χ1n) is 8.76. The minimum Gasteiger partial charge on any atom is -0.377 e. The van der Waals surface area contributed by atoms with Crippen molar-refractivity contribution in [2.45, 2.75) is 46.1 Å². The Balaban J connectivity index is 1.89. The molecule has 1 amide bonds. The third-order valence-corrected chi connectivity index (χ3v) is 5.10. The summed E-state index contributed by atoms with van der Waals surface area (Å²) < 4.78 is 7.53. The highest BCUT2D eigenvalue weighted by molar-refractivity contribution is 6.30. The minimum absolute atomic E-state index is 0.00441. The van der Waals surface area contributed by atoms with E-state index in [0.29, 0.717) is 10.8 Å². The number of rotatable bonds is 4. The van der Waals surface area contributed by atoms with Gasteiger partial charge in [0.05, 0.1) is 23.4 Å². The Kier molecular flexibility index (Phi) is 5.45. The summed E-state index contributed by atoms with van der Waals surface area (Å²) in [6, 6.07) is 7.42. The summed E-state index contributed by atoms with van der Waals surface area (Å²) in [5, 5.41) is 8.34. The van der Waals surface area contributed by atoms with Crippen molar-refractivity contribution in [3.05, 3.63) is 40.5 Å². The summed E-state index contributed by atoms with van der Waals surface area (Å²) in [4.78, 5) is 12.9. The number of aromatic nitrogens is 2. The molecule has 1 aliphatic rings. The lowest BCUT2D eigenvalue weighted by Gasteiger charge is -2.30. The number of anilines is 1. The van der Waals surface area contributed by atoms with Crippen LogP contribution >= 0.6 is 11.6 Å².